The highest BCUT2D eigenvalue weighted by Crippen LogP contribution is 2.43. The van der Waals surface area contributed by atoms with Gasteiger partial charge in [0.15, 0.2) is 0 Å². The first kappa shape index (κ1) is 31.7. The number of nitrogen functional groups attached to an aromatic ring is 1. The molecule has 13 heteroatoms. The summed E-state index contributed by atoms with van der Waals surface area (Å²) in [7, 11) is 0. The maximum atomic E-state index is 13.6. The summed E-state index contributed by atoms with van der Waals surface area (Å²) in [5.41, 5.74) is 13.0. The Morgan fingerprint density at radius 3 is 2.36 bits per heavy atom. The van der Waals surface area contributed by atoms with Gasteiger partial charge in [0.05, 0.1) is 29.4 Å². The lowest BCUT2D eigenvalue weighted by Crippen LogP contribution is -2.26. The second kappa shape index (κ2) is 14.7. The van der Waals surface area contributed by atoms with Crippen molar-refractivity contribution in [2.45, 2.75) is 24.8 Å². The maximum Gasteiger partial charge on any atom is 0.338 e. The smallest absolute Gasteiger partial charge is 0.338 e. The lowest BCUT2D eigenvalue weighted by Gasteiger charge is -2.27. The minimum atomic E-state index is -0.803. The van der Waals surface area contributed by atoms with Crippen LogP contribution in [0.3, 0.4) is 0 Å². The van der Waals surface area contributed by atoms with Crippen LogP contribution in [0.4, 0.5) is 10.2 Å². The average molecular weight is 605 g/mol. The van der Waals surface area contributed by atoms with Crippen molar-refractivity contribution in [2.24, 2.45) is 5.73 Å². The highest BCUT2D eigenvalue weighted by Gasteiger charge is 2.38. The SMILES string of the molecule is CCO.CCOC(=O)C1=C(CSc2nc(N)c(C#N)c(-c3ccc(F)cc3)c2C#N)OC(N)=C(C#N)C1c1cccs1. The number of allylic oxidation sites excluding steroid dienone is 1. The van der Waals surface area contributed by atoms with Crippen LogP contribution < -0.4 is 11.5 Å². The van der Waals surface area contributed by atoms with E-state index in [9.17, 15) is 25.0 Å². The summed E-state index contributed by atoms with van der Waals surface area (Å²) >= 11 is 2.37. The van der Waals surface area contributed by atoms with E-state index in [2.05, 4.69) is 11.1 Å². The quantitative estimate of drug-likeness (QED) is 0.250. The van der Waals surface area contributed by atoms with Gasteiger partial charge >= 0.3 is 5.97 Å². The van der Waals surface area contributed by atoms with E-state index in [1.54, 1.807) is 26.0 Å². The van der Waals surface area contributed by atoms with Crippen molar-refractivity contribution >= 4 is 34.9 Å². The third-order valence-corrected chi connectivity index (χ3v) is 7.62. The second-order valence-electron chi connectivity index (χ2n) is 8.26. The van der Waals surface area contributed by atoms with Crippen LogP contribution >= 0.6 is 23.1 Å². The molecule has 1 unspecified atom stereocenters. The summed E-state index contributed by atoms with van der Waals surface area (Å²) in [6, 6.07) is 14.9. The van der Waals surface area contributed by atoms with Crippen molar-refractivity contribution in [3.8, 4) is 29.3 Å². The number of aliphatic hydroxyl groups excluding tert-OH is 1. The Morgan fingerprint density at radius 1 is 1.14 bits per heavy atom. The van der Waals surface area contributed by atoms with Crippen molar-refractivity contribution < 1.29 is 23.8 Å². The molecule has 0 radical (unpaired) electrons. The number of carbonyl (C=O) groups excluding carboxylic acids is 1. The highest BCUT2D eigenvalue weighted by molar-refractivity contribution is 7.99. The van der Waals surface area contributed by atoms with Crippen molar-refractivity contribution in [3.63, 3.8) is 0 Å². The van der Waals surface area contributed by atoms with E-state index in [0.29, 0.717) is 10.4 Å². The van der Waals surface area contributed by atoms with Crippen LogP contribution in [0.2, 0.25) is 0 Å². The molecule has 0 aliphatic carbocycles. The Hall–Kier alpha value is -4.87. The van der Waals surface area contributed by atoms with E-state index in [0.717, 1.165) is 11.8 Å². The van der Waals surface area contributed by atoms with Gasteiger partial charge in [-0.1, -0.05) is 30.0 Å². The topological polar surface area (TPSA) is 192 Å². The molecule has 0 saturated heterocycles. The number of pyridine rings is 1. The molecule has 0 spiro atoms. The number of hydrogen-bond acceptors (Lipinski definition) is 12. The largest absolute Gasteiger partial charge is 0.463 e. The summed E-state index contributed by atoms with van der Waals surface area (Å²) in [5.74, 6) is -2.14. The van der Waals surface area contributed by atoms with Gasteiger partial charge in [-0.25, -0.2) is 14.2 Å². The standard InChI is InChI=1S/C27H19FN6O3S2.C2H6O/c1-2-36-27(35)23-19(37-25(33)17(11-30)22(23)20-4-3-9-38-20)13-39-26-18(12-31)21(16(10-29)24(32)34-26)14-5-7-15(28)8-6-14;1-2-3/h3-9,22H,2,13,33H2,1H3,(H2,32,34);3H,2H2,1H3. The summed E-state index contributed by atoms with van der Waals surface area (Å²) in [6.07, 6.45) is 0. The predicted molar refractivity (Wildman–Crippen MR) is 156 cm³/mol. The number of thioether (sulfide) groups is 1. The Bertz CT molecular complexity index is 1650. The van der Waals surface area contributed by atoms with Crippen LogP contribution in [0, 0.1) is 39.8 Å². The number of thiophene rings is 1. The number of benzene rings is 1. The summed E-state index contributed by atoms with van der Waals surface area (Å²) in [4.78, 5) is 18.1. The number of nitrogens with two attached hydrogens (primary N) is 2. The molecule has 0 fully saturated rings. The molecule has 0 amide bonds. The number of aliphatic hydroxyl groups is 1. The molecule has 0 saturated carbocycles. The number of nitrogens with zero attached hydrogens (tertiary/aromatic N) is 4. The van der Waals surface area contributed by atoms with Gasteiger partial charge in [0, 0.05) is 17.0 Å². The summed E-state index contributed by atoms with van der Waals surface area (Å²) in [5, 5.41) is 39.1. The van der Waals surface area contributed by atoms with Crippen LogP contribution in [0.5, 0.6) is 0 Å². The summed E-state index contributed by atoms with van der Waals surface area (Å²) in [6.45, 7) is 3.68. The van der Waals surface area contributed by atoms with Crippen LogP contribution in [-0.4, -0.2) is 35.0 Å². The Kier molecular flexibility index (Phi) is 11.1. The van der Waals surface area contributed by atoms with Crippen LogP contribution in [-0.2, 0) is 14.3 Å². The number of anilines is 1. The number of nitriles is 3. The normalized spacial score (nSPS) is 14.1. The molecule has 10 nitrogen and oxygen atoms in total. The highest BCUT2D eigenvalue weighted by atomic mass is 32.2. The molecule has 1 atom stereocenters. The number of rotatable bonds is 7. The van der Waals surface area contributed by atoms with Crippen molar-refractivity contribution in [2.75, 3.05) is 24.7 Å². The van der Waals surface area contributed by atoms with Gasteiger partial charge in [-0.2, -0.15) is 15.8 Å². The molecule has 1 aliphatic rings. The first-order valence-corrected chi connectivity index (χ1v) is 14.3. The van der Waals surface area contributed by atoms with Gasteiger partial charge < -0.3 is 26.0 Å². The number of halogens is 1. The number of aromatic nitrogens is 1. The average Bonchev–Trinajstić information content (AvgIpc) is 3.51. The molecule has 5 N–H and O–H groups in total. The van der Waals surface area contributed by atoms with Crippen molar-refractivity contribution in [1.29, 1.82) is 15.8 Å². The Labute approximate surface area is 249 Å². The molecular formula is C29H25FN6O4S2. The third-order valence-electron chi connectivity index (χ3n) is 5.71. The molecule has 3 aromatic rings. The second-order valence-corrected chi connectivity index (χ2v) is 10.2. The molecule has 3 heterocycles. The zero-order chi connectivity index (χ0) is 30.8. The van der Waals surface area contributed by atoms with E-state index in [1.807, 2.05) is 17.5 Å². The lowest BCUT2D eigenvalue weighted by atomic mass is 9.87. The van der Waals surface area contributed by atoms with Gasteiger partial charge in [-0.05, 0) is 43.0 Å². The number of hydrogen-bond donors (Lipinski definition) is 3. The molecule has 0 bridgehead atoms. The fourth-order valence-corrected chi connectivity index (χ4v) is 5.82. The first-order chi connectivity index (χ1) is 20.3. The fraction of sp³-hybridized carbons (Fsp3) is 0.207. The number of carbonyl (C=O) groups is 1. The zero-order valence-corrected chi connectivity index (χ0v) is 24.2. The predicted octanol–water partition coefficient (Wildman–Crippen LogP) is 4.69. The van der Waals surface area contributed by atoms with E-state index < -0.39 is 17.7 Å². The van der Waals surface area contributed by atoms with Gasteiger partial charge in [-0.15, -0.1) is 11.3 Å². The van der Waals surface area contributed by atoms with Gasteiger partial charge in [-0.3, -0.25) is 0 Å². The number of ether oxygens (including phenoxy) is 2. The fourth-order valence-electron chi connectivity index (χ4n) is 4.04. The van der Waals surface area contributed by atoms with Gasteiger partial charge in [0.1, 0.15) is 51.8 Å². The minimum Gasteiger partial charge on any atom is -0.463 e. The zero-order valence-electron chi connectivity index (χ0n) is 22.6. The molecule has 42 heavy (non-hydrogen) atoms. The monoisotopic (exact) mass is 604 g/mol. The van der Waals surface area contributed by atoms with E-state index in [4.69, 9.17) is 26.0 Å². The van der Waals surface area contributed by atoms with Crippen LogP contribution in [0.25, 0.3) is 11.1 Å². The lowest BCUT2D eigenvalue weighted by molar-refractivity contribution is -0.139. The first-order valence-electron chi connectivity index (χ1n) is 12.4. The van der Waals surface area contributed by atoms with Crippen molar-refractivity contribution in [3.05, 3.63) is 86.4 Å². The van der Waals surface area contributed by atoms with Crippen molar-refractivity contribution in [1.82, 2.24) is 4.98 Å². The molecule has 2 aromatic heterocycles. The van der Waals surface area contributed by atoms with Crippen LogP contribution in [0.1, 0.15) is 35.8 Å². The van der Waals surface area contributed by atoms with E-state index >= 15 is 0 Å². The number of esters is 1. The Morgan fingerprint density at radius 2 is 1.81 bits per heavy atom. The molecule has 4 rings (SSSR count). The molecule has 1 aliphatic heterocycles. The van der Waals surface area contributed by atoms with E-state index in [1.165, 1.54) is 35.6 Å². The van der Waals surface area contributed by atoms with Gasteiger partial charge in [0.25, 0.3) is 0 Å². The summed E-state index contributed by atoms with van der Waals surface area (Å²) < 4.78 is 24.6. The molecular weight excluding hydrogens is 579 g/mol. The van der Waals surface area contributed by atoms with Crippen LogP contribution in [0.15, 0.2) is 69.6 Å². The third kappa shape index (κ3) is 6.70. The molecule has 1 aromatic carbocycles. The van der Waals surface area contributed by atoms with Gasteiger partial charge in [0.2, 0.25) is 5.88 Å². The van der Waals surface area contributed by atoms with E-state index in [-0.39, 0.29) is 69.3 Å². The maximum absolute atomic E-state index is 13.6. The molecule has 214 valence electrons. The minimum absolute atomic E-state index is 0.0218. The Balaban J connectivity index is 0.00000155.